The van der Waals surface area contributed by atoms with Crippen LogP contribution in [0.25, 0.3) is 0 Å². The summed E-state index contributed by atoms with van der Waals surface area (Å²) in [6.45, 7) is 1.95. The first kappa shape index (κ1) is 14.3. The first-order valence-electron chi connectivity index (χ1n) is 6.13. The molecule has 0 aliphatic rings. The van der Waals surface area contributed by atoms with Crippen LogP contribution in [-0.4, -0.2) is 5.91 Å². The van der Waals surface area contributed by atoms with Gasteiger partial charge in [0.2, 0.25) is 5.91 Å². The number of nitrogens with zero attached hydrogens (tertiary/aromatic N) is 1. The second-order valence-electron chi connectivity index (χ2n) is 4.49. The molecule has 100 valence electrons. The molecule has 1 N–H and O–H groups in total. The van der Waals surface area contributed by atoms with Crippen LogP contribution in [0.2, 0.25) is 0 Å². The number of carbonyl (C=O) groups is 1. The van der Waals surface area contributed by atoms with E-state index in [9.17, 15) is 4.79 Å². The van der Waals surface area contributed by atoms with E-state index in [0.717, 1.165) is 21.3 Å². The summed E-state index contributed by atoms with van der Waals surface area (Å²) >= 11 is 3.39. The number of halogens is 1. The van der Waals surface area contributed by atoms with Crippen molar-refractivity contribution in [1.29, 1.82) is 5.26 Å². The molecule has 2 aromatic rings. The second kappa shape index (κ2) is 6.36. The molecule has 0 aliphatic carbocycles. The van der Waals surface area contributed by atoms with Crippen molar-refractivity contribution < 1.29 is 4.79 Å². The molecular weight excluding hydrogens is 316 g/mol. The fourth-order valence-electron chi connectivity index (χ4n) is 1.81. The maximum atomic E-state index is 12.0. The first-order chi connectivity index (χ1) is 9.58. The summed E-state index contributed by atoms with van der Waals surface area (Å²) in [5.74, 6) is -0.0732. The third kappa shape index (κ3) is 3.69. The van der Waals surface area contributed by atoms with Gasteiger partial charge < -0.3 is 5.32 Å². The zero-order valence-corrected chi connectivity index (χ0v) is 12.6. The highest BCUT2D eigenvalue weighted by atomic mass is 79.9. The minimum Gasteiger partial charge on any atom is -0.326 e. The van der Waals surface area contributed by atoms with Crippen molar-refractivity contribution in [2.24, 2.45) is 0 Å². The lowest BCUT2D eigenvalue weighted by atomic mass is 10.1. The monoisotopic (exact) mass is 328 g/mol. The number of nitriles is 1. The van der Waals surface area contributed by atoms with Gasteiger partial charge in [-0.05, 0) is 42.3 Å². The summed E-state index contributed by atoms with van der Waals surface area (Å²) in [6.07, 6.45) is 0.289. The molecule has 0 radical (unpaired) electrons. The smallest absolute Gasteiger partial charge is 0.228 e. The van der Waals surface area contributed by atoms with Crippen LogP contribution in [0.5, 0.6) is 0 Å². The number of nitrogens with one attached hydrogen (secondary N) is 1. The van der Waals surface area contributed by atoms with Crippen LogP contribution in [0.3, 0.4) is 0 Å². The van der Waals surface area contributed by atoms with Crippen molar-refractivity contribution in [3.63, 3.8) is 0 Å². The summed E-state index contributed by atoms with van der Waals surface area (Å²) in [5.41, 5.74) is 3.30. The Kier molecular flexibility index (Phi) is 4.54. The van der Waals surface area contributed by atoms with Crippen molar-refractivity contribution in [3.8, 4) is 6.07 Å². The Morgan fingerprint density at radius 3 is 2.60 bits per heavy atom. The van der Waals surface area contributed by atoms with E-state index in [0.29, 0.717) is 5.56 Å². The molecule has 0 aromatic heterocycles. The van der Waals surface area contributed by atoms with Crippen LogP contribution in [0.1, 0.15) is 16.7 Å². The van der Waals surface area contributed by atoms with Gasteiger partial charge in [0.25, 0.3) is 0 Å². The lowest BCUT2D eigenvalue weighted by molar-refractivity contribution is -0.115. The van der Waals surface area contributed by atoms with Crippen LogP contribution in [0.15, 0.2) is 46.9 Å². The highest BCUT2D eigenvalue weighted by Crippen LogP contribution is 2.20. The molecule has 0 heterocycles. The average molecular weight is 329 g/mol. The van der Waals surface area contributed by atoms with E-state index in [-0.39, 0.29) is 12.3 Å². The number of anilines is 1. The van der Waals surface area contributed by atoms with Gasteiger partial charge in [-0.2, -0.15) is 5.26 Å². The minimum absolute atomic E-state index is 0.0732. The molecule has 0 saturated carbocycles. The Hall–Kier alpha value is -2.12. The number of benzene rings is 2. The molecule has 3 nitrogen and oxygen atoms in total. The van der Waals surface area contributed by atoms with Crippen molar-refractivity contribution >= 4 is 27.5 Å². The maximum absolute atomic E-state index is 12.0. The molecule has 1 amide bonds. The Bertz CT molecular complexity index is 672. The van der Waals surface area contributed by atoms with E-state index in [4.69, 9.17) is 5.26 Å². The largest absolute Gasteiger partial charge is 0.326 e. The average Bonchev–Trinajstić information content (AvgIpc) is 2.43. The van der Waals surface area contributed by atoms with Gasteiger partial charge in [0, 0.05) is 10.2 Å². The van der Waals surface area contributed by atoms with Crippen molar-refractivity contribution in [2.45, 2.75) is 13.3 Å². The second-order valence-corrected chi connectivity index (χ2v) is 5.41. The van der Waals surface area contributed by atoms with Crippen molar-refractivity contribution in [1.82, 2.24) is 0 Å². The number of carbonyl (C=O) groups excluding carboxylic acids is 1. The van der Waals surface area contributed by atoms with E-state index >= 15 is 0 Å². The van der Waals surface area contributed by atoms with Gasteiger partial charge in [0.1, 0.15) is 0 Å². The van der Waals surface area contributed by atoms with Crippen LogP contribution >= 0.6 is 15.9 Å². The third-order valence-electron chi connectivity index (χ3n) is 2.92. The zero-order chi connectivity index (χ0) is 14.5. The summed E-state index contributed by atoms with van der Waals surface area (Å²) in [4.78, 5) is 12.0. The molecule has 20 heavy (non-hydrogen) atoms. The molecule has 0 spiro atoms. The van der Waals surface area contributed by atoms with E-state index in [1.165, 1.54) is 0 Å². The van der Waals surface area contributed by atoms with E-state index in [1.807, 2.05) is 25.1 Å². The Morgan fingerprint density at radius 1 is 1.25 bits per heavy atom. The maximum Gasteiger partial charge on any atom is 0.228 e. The summed E-state index contributed by atoms with van der Waals surface area (Å²) in [5, 5.41) is 11.6. The summed E-state index contributed by atoms with van der Waals surface area (Å²) < 4.78 is 0.928. The van der Waals surface area contributed by atoms with Gasteiger partial charge in [0.15, 0.2) is 0 Å². The zero-order valence-electron chi connectivity index (χ0n) is 11.0. The number of rotatable bonds is 3. The Morgan fingerprint density at radius 2 is 1.95 bits per heavy atom. The summed E-state index contributed by atoms with van der Waals surface area (Å²) in [7, 11) is 0. The highest BCUT2D eigenvalue weighted by molar-refractivity contribution is 9.10. The molecule has 0 bridgehead atoms. The number of aryl methyl sites for hydroxylation is 1. The molecule has 0 fully saturated rings. The number of hydrogen-bond donors (Lipinski definition) is 1. The standard InChI is InChI=1S/C16H13BrN2O/c1-11-2-7-14(17)9-15(11)19-16(20)8-12-3-5-13(10-18)6-4-12/h2-7,9H,8H2,1H3,(H,19,20). The minimum atomic E-state index is -0.0732. The Balaban J connectivity index is 2.05. The predicted octanol–water partition coefficient (Wildman–Crippen LogP) is 3.81. The fraction of sp³-hybridized carbons (Fsp3) is 0.125. The normalized spacial score (nSPS) is 9.85. The van der Waals surface area contributed by atoms with Crippen LogP contribution < -0.4 is 5.32 Å². The predicted molar refractivity (Wildman–Crippen MR) is 82.4 cm³/mol. The van der Waals surface area contributed by atoms with Gasteiger partial charge in [-0.15, -0.1) is 0 Å². The van der Waals surface area contributed by atoms with E-state index < -0.39 is 0 Å². The van der Waals surface area contributed by atoms with Crippen LogP contribution in [0, 0.1) is 18.3 Å². The van der Waals surface area contributed by atoms with Gasteiger partial charge >= 0.3 is 0 Å². The molecular formula is C16H13BrN2O. The molecule has 0 atom stereocenters. The molecule has 2 aromatic carbocycles. The number of amides is 1. The number of hydrogen-bond acceptors (Lipinski definition) is 2. The third-order valence-corrected chi connectivity index (χ3v) is 3.41. The topological polar surface area (TPSA) is 52.9 Å². The fourth-order valence-corrected chi connectivity index (χ4v) is 2.17. The van der Waals surface area contributed by atoms with E-state index in [2.05, 4.69) is 27.3 Å². The van der Waals surface area contributed by atoms with Crippen LogP contribution in [-0.2, 0) is 11.2 Å². The lowest BCUT2D eigenvalue weighted by Gasteiger charge is -2.09. The SMILES string of the molecule is Cc1ccc(Br)cc1NC(=O)Cc1ccc(C#N)cc1. The first-order valence-corrected chi connectivity index (χ1v) is 6.93. The van der Waals surface area contributed by atoms with Gasteiger partial charge in [0.05, 0.1) is 18.1 Å². The van der Waals surface area contributed by atoms with Crippen LogP contribution in [0.4, 0.5) is 5.69 Å². The van der Waals surface area contributed by atoms with Gasteiger partial charge in [-0.25, -0.2) is 0 Å². The lowest BCUT2D eigenvalue weighted by Crippen LogP contribution is -2.15. The Labute approximate surface area is 126 Å². The molecule has 0 unspecified atom stereocenters. The summed E-state index contributed by atoms with van der Waals surface area (Å²) in [6, 6.07) is 14.8. The molecule has 2 rings (SSSR count). The van der Waals surface area contributed by atoms with Gasteiger partial charge in [-0.1, -0.05) is 34.1 Å². The molecule has 4 heteroatoms. The molecule has 0 saturated heterocycles. The highest BCUT2D eigenvalue weighted by Gasteiger charge is 2.06. The van der Waals surface area contributed by atoms with Crippen molar-refractivity contribution in [3.05, 3.63) is 63.6 Å². The molecule has 0 aliphatic heterocycles. The van der Waals surface area contributed by atoms with Gasteiger partial charge in [-0.3, -0.25) is 4.79 Å². The quantitative estimate of drug-likeness (QED) is 0.931. The van der Waals surface area contributed by atoms with E-state index in [1.54, 1.807) is 24.3 Å². The van der Waals surface area contributed by atoms with Crippen molar-refractivity contribution in [2.75, 3.05) is 5.32 Å².